The molecule has 0 aliphatic carbocycles. The summed E-state index contributed by atoms with van der Waals surface area (Å²) >= 11 is 6.02. The maximum absolute atomic E-state index is 6.02. The molecule has 1 aromatic rings. The fourth-order valence-electron chi connectivity index (χ4n) is 2.94. The molecule has 0 fully saturated rings. The highest BCUT2D eigenvalue weighted by molar-refractivity contribution is 6.30. The Labute approximate surface area is 129 Å². The van der Waals surface area contributed by atoms with E-state index in [0.717, 1.165) is 31.1 Å². The van der Waals surface area contributed by atoms with Crippen molar-refractivity contribution >= 4 is 11.6 Å². The molecule has 1 atom stereocenters. The first-order valence-electron chi connectivity index (χ1n) is 7.71. The van der Waals surface area contributed by atoms with Crippen molar-refractivity contribution in [2.24, 2.45) is 0 Å². The van der Waals surface area contributed by atoms with Gasteiger partial charge in [0.05, 0.1) is 6.04 Å². The van der Waals surface area contributed by atoms with Gasteiger partial charge in [0.25, 0.3) is 0 Å². The number of hydrogen-bond acceptors (Lipinski definition) is 2. The van der Waals surface area contributed by atoms with Crippen LogP contribution in [0.2, 0.25) is 5.02 Å². The van der Waals surface area contributed by atoms with Crippen molar-refractivity contribution in [1.29, 1.82) is 0 Å². The maximum atomic E-state index is 6.02. The molecule has 0 aliphatic rings. The van der Waals surface area contributed by atoms with Crippen molar-refractivity contribution in [3.8, 4) is 0 Å². The molecular weight excluding hydrogens is 268 g/mol. The number of likely N-dealkylation sites (N-methyl/N-ethyl adjacent to an activating group) is 1. The standard InChI is InChI=1S/C17H29ClN2/c1-6-13-19-16(14-9-11-15(18)12-10-14)17(4,5)20(7-2)8-3/h9-12,16,19H,6-8,13H2,1-5H3. The minimum atomic E-state index is 0.0620. The number of nitrogens with zero attached hydrogens (tertiary/aromatic N) is 1. The van der Waals surface area contributed by atoms with Crippen LogP contribution in [0.4, 0.5) is 0 Å². The van der Waals surface area contributed by atoms with Crippen LogP contribution in [0.3, 0.4) is 0 Å². The Hall–Kier alpha value is -0.570. The van der Waals surface area contributed by atoms with Crippen LogP contribution in [-0.2, 0) is 0 Å². The monoisotopic (exact) mass is 296 g/mol. The molecule has 0 radical (unpaired) electrons. The van der Waals surface area contributed by atoms with Gasteiger partial charge in [0.1, 0.15) is 0 Å². The third kappa shape index (κ3) is 4.21. The highest BCUT2D eigenvalue weighted by Gasteiger charge is 2.34. The Kier molecular flexibility index (Phi) is 7.01. The van der Waals surface area contributed by atoms with Crippen LogP contribution < -0.4 is 5.32 Å². The normalized spacial score (nSPS) is 13.8. The molecule has 114 valence electrons. The summed E-state index contributed by atoms with van der Waals surface area (Å²) in [6.07, 6.45) is 1.14. The predicted molar refractivity (Wildman–Crippen MR) is 89.5 cm³/mol. The minimum Gasteiger partial charge on any atom is -0.308 e. The topological polar surface area (TPSA) is 15.3 Å². The highest BCUT2D eigenvalue weighted by Crippen LogP contribution is 2.31. The predicted octanol–water partition coefficient (Wildman–Crippen LogP) is 4.50. The van der Waals surface area contributed by atoms with Crippen LogP contribution in [-0.4, -0.2) is 30.1 Å². The number of benzene rings is 1. The number of nitrogens with one attached hydrogen (secondary N) is 1. The molecule has 3 heteroatoms. The molecule has 0 aliphatic heterocycles. The quantitative estimate of drug-likeness (QED) is 0.760. The van der Waals surface area contributed by atoms with Gasteiger partial charge in [-0.25, -0.2) is 0 Å². The third-order valence-corrected chi connectivity index (χ3v) is 4.34. The average Bonchev–Trinajstić information content (AvgIpc) is 2.42. The van der Waals surface area contributed by atoms with E-state index in [1.54, 1.807) is 0 Å². The van der Waals surface area contributed by atoms with Crippen molar-refractivity contribution in [2.75, 3.05) is 19.6 Å². The van der Waals surface area contributed by atoms with Crippen molar-refractivity contribution in [1.82, 2.24) is 10.2 Å². The molecule has 1 rings (SSSR count). The molecule has 2 nitrogen and oxygen atoms in total. The summed E-state index contributed by atoms with van der Waals surface area (Å²) in [5.74, 6) is 0. The van der Waals surface area contributed by atoms with Crippen molar-refractivity contribution in [3.63, 3.8) is 0 Å². The first-order chi connectivity index (χ1) is 9.47. The molecule has 1 aromatic carbocycles. The Balaban J connectivity index is 3.07. The zero-order valence-corrected chi connectivity index (χ0v) is 14.3. The lowest BCUT2D eigenvalue weighted by atomic mass is 9.86. The van der Waals surface area contributed by atoms with E-state index in [1.165, 1.54) is 5.56 Å². The lowest BCUT2D eigenvalue weighted by molar-refractivity contribution is 0.0912. The first-order valence-corrected chi connectivity index (χ1v) is 8.09. The molecular formula is C17H29ClN2. The molecule has 0 heterocycles. The summed E-state index contributed by atoms with van der Waals surface area (Å²) < 4.78 is 0. The lowest BCUT2D eigenvalue weighted by Crippen LogP contribution is -2.52. The second-order valence-electron chi connectivity index (χ2n) is 5.76. The molecule has 0 aromatic heterocycles. The Morgan fingerprint density at radius 1 is 1.10 bits per heavy atom. The summed E-state index contributed by atoms with van der Waals surface area (Å²) in [6.45, 7) is 14.4. The van der Waals surface area contributed by atoms with Gasteiger partial charge >= 0.3 is 0 Å². The van der Waals surface area contributed by atoms with Crippen LogP contribution >= 0.6 is 11.6 Å². The largest absolute Gasteiger partial charge is 0.308 e. The molecule has 20 heavy (non-hydrogen) atoms. The Morgan fingerprint density at radius 3 is 2.10 bits per heavy atom. The van der Waals surface area contributed by atoms with Crippen LogP contribution in [0.1, 0.15) is 52.6 Å². The van der Waals surface area contributed by atoms with Gasteiger partial charge in [-0.2, -0.15) is 0 Å². The third-order valence-electron chi connectivity index (χ3n) is 4.09. The summed E-state index contributed by atoms with van der Waals surface area (Å²) in [5.41, 5.74) is 1.37. The molecule has 0 saturated heterocycles. The van der Waals surface area contributed by atoms with Crippen LogP contribution in [0.25, 0.3) is 0 Å². The minimum absolute atomic E-state index is 0.0620. The Bertz CT molecular complexity index is 382. The zero-order chi connectivity index (χ0) is 15.2. The van der Waals surface area contributed by atoms with Gasteiger partial charge in [-0.05, 0) is 57.6 Å². The first kappa shape index (κ1) is 17.5. The van der Waals surface area contributed by atoms with Crippen molar-refractivity contribution in [2.45, 2.75) is 52.6 Å². The summed E-state index contributed by atoms with van der Waals surface area (Å²) in [5, 5.41) is 4.50. The fraction of sp³-hybridized carbons (Fsp3) is 0.647. The fourth-order valence-corrected chi connectivity index (χ4v) is 3.07. The SMILES string of the molecule is CCCNC(c1ccc(Cl)cc1)C(C)(C)N(CC)CC. The number of halogens is 1. The number of rotatable bonds is 8. The van der Waals surface area contributed by atoms with E-state index in [-0.39, 0.29) is 5.54 Å². The summed E-state index contributed by atoms with van der Waals surface area (Å²) in [6, 6.07) is 8.55. The Morgan fingerprint density at radius 2 is 1.65 bits per heavy atom. The zero-order valence-electron chi connectivity index (χ0n) is 13.5. The van der Waals surface area contributed by atoms with E-state index in [2.05, 4.69) is 57.0 Å². The smallest absolute Gasteiger partial charge is 0.0501 e. The average molecular weight is 297 g/mol. The van der Waals surface area contributed by atoms with E-state index in [1.807, 2.05) is 12.1 Å². The van der Waals surface area contributed by atoms with Gasteiger partial charge < -0.3 is 5.32 Å². The maximum Gasteiger partial charge on any atom is 0.0501 e. The lowest BCUT2D eigenvalue weighted by Gasteiger charge is -2.44. The second-order valence-corrected chi connectivity index (χ2v) is 6.20. The summed E-state index contributed by atoms with van der Waals surface area (Å²) in [7, 11) is 0. The van der Waals surface area contributed by atoms with E-state index in [4.69, 9.17) is 11.6 Å². The molecule has 1 unspecified atom stereocenters. The van der Waals surface area contributed by atoms with Crippen LogP contribution in [0.5, 0.6) is 0 Å². The molecule has 0 bridgehead atoms. The molecule has 0 spiro atoms. The van der Waals surface area contributed by atoms with Gasteiger partial charge in [0, 0.05) is 10.6 Å². The van der Waals surface area contributed by atoms with Crippen LogP contribution in [0.15, 0.2) is 24.3 Å². The van der Waals surface area contributed by atoms with Crippen molar-refractivity contribution < 1.29 is 0 Å². The molecule has 1 N–H and O–H groups in total. The highest BCUT2D eigenvalue weighted by atomic mass is 35.5. The summed E-state index contributed by atoms with van der Waals surface area (Å²) in [4.78, 5) is 2.51. The van der Waals surface area contributed by atoms with Crippen molar-refractivity contribution in [3.05, 3.63) is 34.9 Å². The van der Waals surface area contributed by atoms with Gasteiger partial charge in [-0.3, -0.25) is 4.90 Å². The van der Waals surface area contributed by atoms with Gasteiger partial charge in [0.15, 0.2) is 0 Å². The van der Waals surface area contributed by atoms with E-state index in [9.17, 15) is 0 Å². The van der Waals surface area contributed by atoms with Gasteiger partial charge in [0.2, 0.25) is 0 Å². The molecule has 0 saturated carbocycles. The van der Waals surface area contributed by atoms with Crippen LogP contribution in [0, 0.1) is 0 Å². The van der Waals surface area contributed by atoms with E-state index >= 15 is 0 Å². The van der Waals surface area contributed by atoms with E-state index < -0.39 is 0 Å². The molecule has 0 amide bonds. The van der Waals surface area contributed by atoms with Gasteiger partial charge in [-0.1, -0.05) is 44.5 Å². The van der Waals surface area contributed by atoms with Gasteiger partial charge in [-0.15, -0.1) is 0 Å². The number of hydrogen-bond donors (Lipinski definition) is 1. The van der Waals surface area contributed by atoms with E-state index in [0.29, 0.717) is 6.04 Å². The second kappa shape index (κ2) is 8.02.